The first kappa shape index (κ1) is 36.6. The molecule has 0 saturated carbocycles. The van der Waals surface area contributed by atoms with Crippen molar-refractivity contribution in [1.29, 1.82) is 0 Å². The van der Waals surface area contributed by atoms with E-state index in [9.17, 15) is 0 Å². The molecule has 0 saturated heterocycles. The molecule has 6 nitrogen and oxygen atoms in total. The van der Waals surface area contributed by atoms with E-state index < -0.39 is 6.85 Å². The molecule has 5 heterocycles. The molecule has 65 heavy (non-hydrogen) atoms. The molecule has 0 N–H and O–H groups in total. The van der Waals surface area contributed by atoms with Crippen LogP contribution in [0.15, 0.2) is 140 Å². The molecule has 0 atom stereocenters. The Morgan fingerprint density at radius 3 is 2.03 bits per heavy atom. The molecule has 0 aliphatic heterocycles. The normalized spacial score (nSPS) is 13.6. The third kappa shape index (κ3) is 6.10. The number of aryl methyl sites for hydroxylation is 2. The quantitative estimate of drug-likeness (QED) is 0.161. The zero-order chi connectivity index (χ0) is 47.2. The van der Waals surface area contributed by atoms with Gasteiger partial charge in [-0.3, -0.25) is 0 Å². The number of aromatic nitrogens is 5. The summed E-state index contributed by atoms with van der Waals surface area (Å²) in [4.78, 5) is 5.12. The molecule has 0 fully saturated rings. The van der Waals surface area contributed by atoms with E-state index in [0.29, 0.717) is 28.4 Å². The summed E-state index contributed by atoms with van der Waals surface area (Å²) in [5, 5.41) is 6.66. The van der Waals surface area contributed by atoms with E-state index in [1.807, 2.05) is 18.2 Å². The van der Waals surface area contributed by atoms with Crippen LogP contribution in [-0.4, -0.2) is 23.1 Å². The maximum atomic E-state index is 8.87. The SMILES string of the molecule is [2H]C([2H])([2H])c1cc(-n2c3[c-]c(Oc4[c-]c(-n5[c](=[Pt])n(C)c6ccccc65)cc(C(C)(C)C)c4)ccc3c3cc4c5cccc6c7ccccc7n(c4cc32)c65)ncc1-c1ccc(C(C)(C)C)cc1. The number of hydrogen-bond acceptors (Lipinski definition) is 2. The van der Waals surface area contributed by atoms with Gasteiger partial charge in [0.25, 0.3) is 0 Å². The predicted molar refractivity (Wildman–Crippen MR) is 264 cm³/mol. The molecule has 0 aliphatic carbocycles. The van der Waals surface area contributed by atoms with E-state index in [2.05, 4.69) is 207 Å². The van der Waals surface area contributed by atoms with Crippen molar-refractivity contribution in [3.63, 3.8) is 0 Å². The average molecular weight is 1030 g/mol. The van der Waals surface area contributed by atoms with E-state index in [1.54, 1.807) is 12.3 Å². The maximum absolute atomic E-state index is 8.87. The summed E-state index contributed by atoms with van der Waals surface area (Å²) < 4.78 is 43.3. The first-order valence-corrected chi connectivity index (χ1v) is 23.1. The fourth-order valence-electron chi connectivity index (χ4n) is 9.83. The van der Waals surface area contributed by atoms with Crippen molar-refractivity contribution in [2.24, 2.45) is 7.05 Å². The van der Waals surface area contributed by atoms with Gasteiger partial charge in [0, 0.05) is 37.4 Å². The van der Waals surface area contributed by atoms with Crippen molar-refractivity contribution in [1.82, 2.24) is 23.1 Å². The minimum atomic E-state index is -2.43. The molecule has 0 unspecified atom stereocenters. The molecule has 7 heteroatoms. The Hall–Kier alpha value is -6.75. The molecule has 7 aromatic carbocycles. The number of imidazole rings is 1. The second kappa shape index (κ2) is 14.1. The van der Waals surface area contributed by atoms with Gasteiger partial charge in [-0.25, -0.2) is 0 Å². The smallest absolute Gasteiger partial charge is 0.0579 e. The molecule has 0 aliphatic rings. The fourth-order valence-corrected chi connectivity index (χ4v) is 10.7. The van der Waals surface area contributed by atoms with Gasteiger partial charge in [-0.2, -0.15) is 0 Å². The number of para-hydroxylation sites is 4. The number of hydrogen-bond donors (Lipinski definition) is 0. The van der Waals surface area contributed by atoms with E-state index in [1.165, 1.54) is 27.2 Å². The summed E-state index contributed by atoms with van der Waals surface area (Å²) in [6.45, 7) is 10.7. The molecule has 0 spiro atoms. The third-order valence-corrected chi connectivity index (χ3v) is 14.5. The summed E-state index contributed by atoms with van der Waals surface area (Å²) in [7, 11) is 2.08. The Morgan fingerprint density at radius 2 is 1.28 bits per heavy atom. The zero-order valence-corrected chi connectivity index (χ0v) is 39.5. The number of rotatable bonds is 5. The van der Waals surface area contributed by atoms with Gasteiger partial charge in [0.2, 0.25) is 0 Å². The zero-order valence-electron chi connectivity index (χ0n) is 40.2. The number of ether oxygens (including phenoxy) is 1. The first-order valence-electron chi connectivity index (χ1n) is 23.5. The predicted octanol–water partition coefficient (Wildman–Crippen LogP) is 14.7. The van der Waals surface area contributed by atoms with E-state index >= 15 is 0 Å². The topological polar surface area (TPSA) is 41.3 Å². The van der Waals surface area contributed by atoms with Crippen molar-refractivity contribution in [3.8, 4) is 34.1 Å². The number of benzene rings is 7. The van der Waals surface area contributed by atoms with Gasteiger partial charge < -0.3 is 4.40 Å². The van der Waals surface area contributed by atoms with Gasteiger partial charge in [-0.15, -0.1) is 0 Å². The van der Waals surface area contributed by atoms with Gasteiger partial charge in [0.05, 0.1) is 16.6 Å². The van der Waals surface area contributed by atoms with Gasteiger partial charge in [-0.05, 0) is 35.0 Å². The minimum absolute atomic E-state index is 0.0480. The second-order valence-corrected chi connectivity index (χ2v) is 20.4. The Kier molecular flexibility index (Phi) is 7.95. The van der Waals surface area contributed by atoms with Crippen LogP contribution in [0.2, 0.25) is 0 Å². The molecule has 12 aromatic rings. The minimum Gasteiger partial charge on any atom is -0.0579 e. The van der Waals surface area contributed by atoms with Gasteiger partial charge in [-0.1, -0.05) is 81.4 Å². The first-order chi connectivity index (χ1) is 32.4. The van der Waals surface area contributed by atoms with Crippen LogP contribution in [-0.2, 0) is 37.2 Å². The number of pyridine rings is 1. The molecular formula is C58H47N5OPt-2. The summed E-state index contributed by atoms with van der Waals surface area (Å²) in [6.07, 6.45) is 1.72. The molecular weight excluding hydrogens is 978 g/mol. The van der Waals surface area contributed by atoms with Crippen LogP contribution < -0.4 is 4.74 Å². The molecule has 0 amide bonds. The van der Waals surface area contributed by atoms with Crippen molar-refractivity contribution in [3.05, 3.63) is 172 Å². The van der Waals surface area contributed by atoms with Crippen molar-refractivity contribution in [2.75, 3.05) is 0 Å². The summed E-state index contributed by atoms with van der Waals surface area (Å²) in [5.41, 5.74) is 11.7. The molecule has 12 rings (SSSR count). The average Bonchev–Trinajstić information content (AvgIpc) is 4.01. The fraction of sp³-hybridized carbons (Fsp3) is 0.172. The van der Waals surface area contributed by atoms with Gasteiger partial charge in [0.1, 0.15) is 0 Å². The molecule has 0 radical (unpaired) electrons. The van der Waals surface area contributed by atoms with Crippen molar-refractivity contribution < 1.29 is 28.2 Å². The Labute approximate surface area is 392 Å². The molecule has 0 bridgehead atoms. The molecule has 5 aromatic heterocycles. The summed E-state index contributed by atoms with van der Waals surface area (Å²) in [5.74, 6) is 1.53. The Bertz CT molecular complexity index is 4100. The number of nitrogens with zero attached hydrogens (tertiary/aromatic N) is 5. The number of fused-ring (bicyclic) bond motifs is 10. The van der Waals surface area contributed by atoms with Gasteiger partial charge in [0.15, 0.2) is 0 Å². The van der Waals surface area contributed by atoms with Crippen molar-refractivity contribution in [2.45, 2.75) is 59.2 Å². The summed E-state index contributed by atoms with van der Waals surface area (Å²) >= 11 is 2.38. The monoisotopic (exact) mass is 1030 g/mol. The van der Waals surface area contributed by atoms with E-state index in [4.69, 9.17) is 13.8 Å². The van der Waals surface area contributed by atoms with Crippen molar-refractivity contribution >= 4 is 70.9 Å². The van der Waals surface area contributed by atoms with Crippen LogP contribution in [0.5, 0.6) is 11.5 Å². The third-order valence-electron chi connectivity index (χ3n) is 13.2. The second-order valence-electron chi connectivity index (χ2n) is 19.4. The van der Waals surface area contributed by atoms with Gasteiger partial charge >= 0.3 is 220 Å². The van der Waals surface area contributed by atoms with Crippen LogP contribution in [0.25, 0.3) is 93.6 Å². The van der Waals surface area contributed by atoms with Crippen LogP contribution in [0.3, 0.4) is 0 Å². The van der Waals surface area contributed by atoms with Crippen LogP contribution in [0.4, 0.5) is 0 Å². The van der Waals surface area contributed by atoms with E-state index in [0.717, 1.165) is 64.4 Å². The van der Waals surface area contributed by atoms with Crippen LogP contribution in [0, 0.1) is 22.8 Å². The summed E-state index contributed by atoms with van der Waals surface area (Å²) in [6, 6.07) is 53.5. The Balaban J connectivity index is 1.10. The Morgan fingerprint density at radius 1 is 0.585 bits per heavy atom. The van der Waals surface area contributed by atoms with Crippen LogP contribution in [0.1, 0.15) is 62.3 Å². The standard InChI is InChI=1S/C58H47N5O.Pt/c1-35-26-55(59-33-48(35)36-20-22-37(23-21-36)57(2,3)4)62-52-30-40(64-41-28-38(58(5,6)7)27-39(29-41)61-34-60(8)50-18-11-12-19-51(50)61)24-25-43(52)46-31-47-45-16-13-15-44-42-14-9-10-17-49(42)63(56(44)45)54(47)32-53(46)62;/h9-28,31-33H,1-8H3;/q-2;/i1D3;. The van der Waals surface area contributed by atoms with Crippen LogP contribution >= 0.6 is 0 Å². The molecule has 322 valence electrons. The van der Waals surface area contributed by atoms with E-state index in [-0.39, 0.29) is 16.4 Å².